The number of aromatic carboxylic acids is 1. The van der Waals surface area contributed by atoms with Gasteiger partial charge in [-0.3, -0.25) is 4.79 Å². The van der Waals surface area contributed by atoms with E-state index in [1.165, 1.54) is 24.8 Å². The molecule has 0 aromatic heterocycles. The van der Waals surface area contributed by atoms with Crippen molar-refractivity contribution >= 4 is 11.9 Å². The molecule has 1 amide bonds. The first-order valence-electron chi connectivity index (χ1n) is 10.4. The van der Waals surface area contributed by atoms with Crippen molar-refractivity contribution in [2.24, 2.45) is 0 Å². The van der Waals surface area contributed by atoms with Crippen LogP contribution in [0.2, 0.25) is 0 Å². The molecule has 0 radical (unpaired) electrons. The normalized spacial score (nSPS) is 10.4. The van der Waals surface area contributed by atoms with E-state index in [1.54, 1.807) is 11.0 Å². The van der Waals surface area contributed by atoms with Crippen molar-refractivity contribution in [2.45, 2.75) is 26.4 Å². The van der Waals surface area contributed by atoms with E-state index in [4.69, 9.17) is 9.47 Å². The molecule has 166 valence electrons. The average molecular weight is 434 g/mol. The number of benzene rings is 3. The molecule has 0 heterocycles. The minimum absolute atomic E-state index is 0.0247. The first-order chi connectivity index (χ1) is 15.5. The van der Waals surface area contributed by atoms with Crippen LogP contribution in [0.4, 0.5) is 0 Å². The summed E-state index contributed by atoms with van der Waals surface area (Å²) in [5.74, 6) is -0.827. The van der Waals surface area contributed by atoms with Crippen LogP contribution >= 0.6 is 0 Å². The standard InChI is InChI=1S/C26H27NO5/c1-3-19-9-11-21(12-10-19)17-27(16-20-7-5-4-6-8-20)25(28)18-32-24-15-22(31-2)13-14-23(24)26(29)30/h4-15H,3,16-18H2,1-2H3,(H,29,30). The van der Waals surface area contributed by atoms with Gasteiger partial charge in [-0.2, -0.15) is 0 Å². The number of rotatable bonds is 10. The Kier molecular flexibility index (Phi) is 7.86. The van der Waals surface area contributed by atoms with Crippen LogP contribution in [0.3, 0.4) is 0 Å². The summed E-state index contributed by atoms with van der Waals surface area (Å²) in [5, 5.41) is 9.42. The quantitative estimate of drug-likeness (QED) is 0.507. The smallest absolute Gasteiger partial charge is 0.339 e. The Balaban J connectivity index is 1.78. The van der Waals surface area contributed by atoms with E-state index >= 15 is 0 Å². The van der Waals surface area contributed by atoms with E-state index in [0.29, 0.717) is 18.8 Å². The van der Waals surface area contributed by atoms with Gasteiger partial charge in [0.15, 0.2) is 6.61 Å². The van der Waals surface area contributed by atoms with Gasteiger partial charge in [-0.05, 0) is 35.2 Å². The average Bonchev–Trinajstić information content (AvgIpc) is 2.82. The molecule has 0 spiro atoms. The molecule has 3 aromatic carbocycles. The SMILES string of the molecule is CCc1ccc(CN(Cc2ccccc2)C(=O)COc2cc(OC)ccc2C(=O)O)cc1. The van der Waals surface area contributed by atoms with E-state index in [1.807, 2.05) is 42.5 Å². The predicted octanol–water partition coefficient (Wildman–Crippen LogP) is 4.56. The fraction of sp³-hybridized carbons (Fsp3) is 0.231. The van der Waals surface area contributed by atoms with Gasteiger partial charge in [0.05, 0.1) is 7.11 Å². The molecular formula is C26H27NO5. The van der Waals surface area contributed by atoms with Gasteiger partial charge in [-0.25, -0.2) is 4.79 Å². The highest BCUT2D eigenvalue weighted by molar-refractivity contribution is 5.91. The summed E-state index contributed by atoms with van der Waals surface area (Å²) in [6, 6.07) is 22.3. The molecule has 0 atom stereocenters. The Bertz CT molecular complexity index is 1050. The third-order valence-electron chi connectivity index (χ3n) is 5.14. The Morgan fingerprint density at radius 2 is 1.50 bits per heavy atom. The highest BCUT2D eigenvalue weighted by Crippen LogP contribution is 2.25. The number of ether oxygens (including phenoxy) is 2. The maximum Gasteiger partial charge on any atom is 0.339 e. The fourth-order valence-electron chi connectivity index (χ4n) is 3.29. The first kappa shape index (κ1) is 22.9. The molecule has 6 heteroatoms. The molecule has 32 heavy (non-hydrogen) atoms. The summed E-state index contributed by atoms with van der Waals surface area (Å²) in [6.07, 6.45) is 0.952. The predicted molar refractivity (Wildman–Crippen MR) is 122 cm³/mol. The second-order valence-electron chi connectivity index (χ2n) is 7.36. The van der Waals surface area contributed by atoms with Crippen molar-refractivity contribution in [1.82, 2.24) is 4.90 Å². The largest absolute Gasteiger partial charge is 0.497 e. The lowest BCUT2D eigenvalue weighted by molar-refractivity contribution is -0.134. The minimum Gasteiger partial charge on any atom is -0.497 e. The molecule has 6 nitrogen and oxygen atoms in total. The highest BCUT2D eigenvalue weighted by atomic mass is 16.5. The maximum atomic E-state index is 13.1. The number of carbonyl (C=O) groups excluding carboxylic acids is 1. The van der Waals surface area contributed by atoms with Gasteiger partial charge in [0.1, 0.15) is 17.1 Å². The number of aryl methyl sites for hydroxylation is 1. The molecule has 0 aliphatic carbocycles. The van der Waals surface area contributed by atoms with Crippen LogP contribution in [-0.2, 0) is 24.3 Å². The molecule has 0 aliphatic rings. The summed E-state index contributed by atoms with van der Waals surface area (Å²) < 4.78 is 10.8. The second kappa shape index (κ2) is 11.0. The molecule has 1 N–H and O–H groups in total. The fourth-order valence-corrected chi connectivity index (χ4v) is 3.29. The number of carbonyl (C=O) groups is 2. The molecule has 0 saturated heterocycles. The van der Waals surface area contributed by atoms with Gasteiger partial charge >= 0.3 is 5.97 Å². The molecule has 0 fully saturated rings. The van der Waals surface area contributed by atoms with Crippen molar-refractivity contribution in [3.63, 3.8) is 0 Å². The van der Waals surface area contributed by atoms with Crippen molar-refractivity contribution in [2.75, 3.05) is 13.7 Å². The second-order valence-corrected chi connectivity index (χ2v) is 7.36. The molecule has 0 bridgehead atoms. The van der Waals surface area contributed by atoms with Crippen molar-refractivity contribution in [3.05, 3.63) is 95.1 Å². The molecule has 3 rings (SSSR count). The van der Waals surface area contributed by atoms with E-state index in [2.05, 4.69) is 19.1 Å². The molecule has 0 aliphatic heterocycles. The van der Waals surface area contributed by atoms with Gasteiger partial charge in [-0.1, -0.05) is 61.5 Å². The lowest BCUT2D eigenvalue weighted by Gasteiger charge is -2.23. The minimum atomic E-state index is -1.13. The van der Waals surface area contributed by atoms with E-state index in [-0.39, 0.29) is 23.8 Å². The van der Waals surface area contributed by atoms with Crippen LogP contribution in [0.15, 0.2) is 72.8 Å². The van der Waals surface area contributed by atoms with Gasteiger partial charge in [0, 0.05) is 19.2 Å². The molecule has 3 aromatic rings. The Morgan fingerprint density at radius 3 is 2.09 bits per heavy atom. The summed E-state index contributed by atoms with van der Waals surface area (Å²) >= 11 is 0. The first-order valence-corrected chi connectivity index (χ1v) is 10.4. The summed E-state index contributed by atoms with van der Waals surface area (Å²) in [6.45, 7) is 2.66. The zero-order valence-corrected chi connectivity index (χ0v) is 18.3. The number of carboxylic acid groups (broad SMARTS) is 1. The Labute approximate surface area is 188 Å². The van der Waals surface area contributed by atoms with E-state index in [0.717, 1.165) is 17.5 Å². The highest BCUT2D eigenvalue weighted by Gasteiger charge is 2.18. The number of methoxy groups -OCH3 is 1. The van der Waals surface area contributed by atoms with Crippen molar-refractivity contribution in [3.8, 4) is 11.5 Å². The Hall–Kier alpha value is -3.80. The maximum absolute atomic E-state index is 13.1. The molecular weight excluding hydrogens is 406 g/mol. The van der Waals surface area contributed by atoms with Gasteiger partial charge in [0.25, 0.3) is 5.91 Å². The Morgan fingerprint density at radius 1 is 0.875 bits per heavy atom. The number of hydrogen-bond acceptors (Lipinski definition) is 4. The summed E-state index contributed by atoms with van der Waals surface area (Å²) in [5.41, 5.74) is 3.22. The van der Waals surface area contributed by atoms with E-state index in [9.17, 15) is 14.7 Å². The lowest BCUT2D eigenvalue weighted by atomic mass is 10.1. The zero-order valence-electron chi connectivity index (χ0n) is 18.3. The van der Waals surface area contributed by atoms with Crippen LogP contribution in [0.1, 0.15) is 34.0 Å². The van der Waals surface area contributed by atoms with Crippen LogP contribution in [-0.4, -0.2) is 35.6 Å². The number of carboxylic acids is 1. The molecule has 0 unspecified atom stereocenters. The van der Waals surface area contributed by atoms with Crippen LogP contribution in [0.5, 0.6) is 11.5 Å². The molecule has 0 saturated carbocycles. The topological polar surface area (TPSA) is 76.1 Å². The van der Waals surface area contributed by atoms with Crippen LogP contribution in [0.25, 0.3) is 0 Å². The van der Waals surface area contributed by atoms with Crippen LogP contribution < -0.4 is 9.47 Å². The lowest BCUT2D eigenvalue weighted by Crippen LogP contribution is -2.34. The monoisotopic (exact) mass is 433 g/mol. The number of nitrogens with zero attached hydrogens (tertiary/aromatic N) is 1. The summed E-state index contributed by atoms with van der Waals surface area (Å²) in [7, 11) is 1.48. The van der Waals surface area contributed by atoms with Crippen molar-refractivity contribution < 1.29 is 24.2 Å². The number of hydrogen-bond donors (Lipinski definition) is 1. The van der Waals surface area contributed by atoms with Gasteiger partial charge in [0.2, 0.25) is 0 Å². The van der Waals surface area contributed by atoms with Crippen LogP contribution in [0, 0.1) is 0 Å². The number of amides is 1. The van der Waals surface area contributed by atoms with Gasteiger partial charge < -0.3 is 19.5 Å². The third kappa shape index (κ3) is 6.11. The third-order valence-corrected chi connectivity index (χ3v) is 5.14. The summed E-state index contributed by atoms with van der Waals surface area (Å²) in [4.78, 5) is 26.3. The van der Waals surface area contributed by atoms with Gasteiger partial charge in [-0.15, -0.1) is 0 Å². The van der Waals surface area contributed by atoms with Crippen molar-refractivity contribution in [1.29, 1.82) is 0 Å². The zero-order chi connectivity index (χ0) is 22.9. The van der Waals surface area contributed by atoms with E-state index < -0.39 is 5.97 Å².